The molecule has 0 spiro atoms. The fourth-order valence-corrected chi connectivity index (χ4v) is 2.17. The second kappa shape index (κ2) is 6.54. The number of alkyl halides is 6. The molecule has 0 aliphatic rings. The van der Waals surface area contributed by atoms with Crippen molar-refractivity contribution >= 4 is 5.97 Å². The Morgan fingerprint density at radius 2 is 1.35 bits per heavy atom. The molecule has 2 aromatic carbocycles. The van der Waals surface area contributed by atoms with E-state index in [0.717, 1.165) is 37.3 Å². The maximum atomic E-state index is 12.8. The van der Waals surface area contributed by atoms with Gasteiger partial charge < -0.3 is 9.84 Å². The lowest BCUT2D eigenvalue weighted by atomic mass is 9.94. The van der Waals surface area contributed by atoms with Gasteiger partial charge in [0.25, 0.3) is 0 Å². The molecular formula is C17H12F6O3. The molecule has 0 saturated heterocycles. The molecule has 0 aliphatic carbocycles. The third-order valence-corrected chi connectivity index (χ3v) is 3.65. The van der Waals surface area contributed by atoms with E-state index < -0.39 is 35.0 Å². The molecule has 0 aromatic heterocycles. The number of hydrogen-bond donors (Lipinski definition) is 1. The predicted octanol–water partition coefficient (Wildman–Crippen LogP) is 5.10. The predicted molar refractivity (Wildman–Crippen MR) is 78.5 cm³/mol. The van der Waals surface area contributed by atoms with Gasteiger partial charge in [-0.05, 0) is 43.3 Å². The van der Waals surface area contributed by atoms with Crippen molar-refractivity contribution in [2.75, 3.05) is 0 Å². The van der Waals surface area contributed by atoms with Crippen molar-refractivity contribution in [1.29, 1.82) is 0 Å². The van der Waals surface area contributed by atoms with Gasteiger partial charge in [0.1, 0.15) is 5.75 Å². The number of rotatable bonds is 4. The number of carbonyl (C=O) groups is 1. The quantitative estimate of drug-likeness (QED) is 0.753. The average Bonchev–Trinajstić information content (AvgIpc) is 2.53. The molecule has 1 N–H and O–H groups in total. The summed E-state index contributed by atoms with van der Waals surface area (Å²) in [5.74, 6) is -1.84. The Labute approximate surface area is 143 Å². The fraction of sp³-hybridized carbons (Fsp3) is 0.235. The van der Waals surface area contributed by atoms with E-state index in [-0.39, 0.29) is 11.3 Å². The largest absolute Gasteiger partial charge is 0.478 e. The summed E-state index contributed by atoms with van der Waals surface area (Å²) < 4.78 is 81.5. The molecule has 0 bridgehead atoms. The standard InChI is InChI=1S/C17H12F6O3/c1-15(14(24)25,11-3-2-4-12(9-11)17(21,22)23)26-13-7-5-10(6-8-13)16(18,19)20/h2-9H,1H3,(H,24,25). The molecule has 3 nitrogen and oxygen atoms in total. The summed E-state index contributed by atoms with van der Waals surface area (Å²) in [5, 5.41) is 9.44. The van der Waals surface area contributed by atoms with Gasteiger partial charge in [0, 0.05) is 5.56 Å². The van der Waals surface area contributed by atoms with Crippen LogP contribution in [0.2, 0.25) is 0 Å². The van der Waals surface area contributed by atoms with Crippen LogP contribution in [0.3, 0.4) is 0 Å². The number of benzene rings is 2. The van der Waals surface area contributed by atoms with Crippen LogP contribution in [0.25, 0.3) is 0 Å². The molecule has 0 heterocycles. The van der Waals surface area contributed by atoms with Gasteiger partial charge in [-0.1, -0.05) is 12.1 Å². The smallest absolute Gasteiger partial charge is 0.416 e. The van der Waals surface area contributed by atoms with Crippen LogP contribution in [0.15, 0.2) is 48.5 Å². The van der Waals surface area contributed by atoms with Crippen LogP contribution in [0.4, 0.5) is 26.3 Å². The highest BCUT2D eigenvalue weighted by molar-refractivity contribution is 5.79. The van der Waals surface area contributed by atoms with Crippen LogP contribution in [0, 0.1) is 0 Å². The Kier molecular flexibility index (Phi) is 4.94. The van der Waals surface area contributed by atoms with Crippen molar-refractivity contribution in [2.24, 2.45) is 0 Å². The van der Waals surface area contributed by atoms with Gasteiger partial charge in [0.05, 0.1) is 11.1 Å². The summed E-state index contributed by atoms with van der Waals surface area (Å²) in [4.78, 5) is 11.6. The van der Waals surface area contributed by atoms with E-state index in [0.29, 0.717) is 18.2 Å². The Morgan fingerprint density at radius 3 is 1.81 bits per heavy atom. The molecule has 0 radical (unpaired) electrons. The number of carboxylic acids is 1. The van der Waals surface area contributed by atoms with E-state index in [1.165, 1.54) is 0 Å². The van der Waals surface area contributed by atoms with Crippen LogP contribution < -0.4 is 4.74 Å². The Morgan fingerprint density at radius 1 is 0.846 bits per heavy atom. The highest BCUT2D eigenvalue weighted by Gasteiger charge is 2.40. The van der Waals surface area contributed by atoms with Crippen molar-refractivity contribution in [3.8, 4) is 5.75 Å². The van der Waals surface area contributed by atoms with E-state index in [1.54, 1.807) is 0 Å². The second-order valence-electron chi connectivity index (χ2n) is 5.54. The van der Waals surface area contributed by atoms with Gasteiger partial charge in [0.15, 0.2) is 0 Å². The molecular weight excluding hydrogens is 366 g/mol. The minimum Gasteiger partial charge on any atom is -0.478 e. The fourth-order valence-electron chi connectivity index (χ4n) is 2.17. The minimum absolute atomic E-state index is 0.236. The second-order valence-corrected chi connectivity index (χ2v) is 5.54. The van der Waals surface area contributed by atoms with Crippen molar-refractivity contribution in [1.82, 2.24) is 0 Å². The zero-order valence-corrected chi connectivity index (χ0v) is 13.2. The number of ether oxygens (including phenoxy) is 1. The first-order chi connectivity index (χ1) is 11.8. The van der Waals surface area contributed by atoms with Crippen LogP contribution >= 0.6 is 0 Å². The molecule has 1 unspecified atom stereocenters. The van der Waals surface area contributed by atoms with Gasteiger partial charge in [-0.25, -0.2) is 4.79 Å². The zero-order valence-electron chi connectivity index (χ0n) is 13.2. The lowest BCUT2D eigenvalue weighted by molar-refractivity contribution is -0.155. The maximum Gasteiger partial charge on any atom is 0.416 e. The highest BCUT2D eigenvalue weighted by atomic mass is 19.4. The van der Waals surface area contributed by atoms with Crippen LogP contribution in [-0.4, -0.2) is 11.1 Å². The van der Waals surface area contributed by atoms with Gasteiger partial charge in [0.2, 0.25) is 5.60 Å². The summed E-state index contributed by atoms with van der Waals surface area (Å²) >= 11 is 0. The van der Waals surface area contributed by atoms with E-state index in [9.17, 15) is 36.2 Å². The first-order valence-electron chi connectivity index (χ1n) is 7.11. The molecule has 1 atom stereocenters. The first-order valence-corrected chi connectivity index (χ1v) is 7.11. The van der Waals surface area contributed by atoms with Crippen molar-refractivity contribution in [3.63, 3.8) is 0 Å². The monoisotopic (exact) mass is 378 g/mol. The number of hydrogen-bond acceptors (Lipinski definition) is 2. The van der Waals surface area contributed by atoms with Gasteiger partial charge in [-0.15, -0.1) is 0 Å². The lowest BCUT2D eigenvalue weighted by Crippen LogP contribution is -2.38. The molecule has 2 rings (SSSR count). The Bertz CT molecular complexity index is 795. The molecule has 2 aromatic rings. The van der Waals surface area contributed by atoms with Gasteiger partial charge in [-0.2, -0.15) is 26.3 Å². The highest BCUT2D eigenvalue weighted by Crippen LogP contribution is 2.35. The number of aliphatic carboxylic acids is 1. The first kappa shape index (κ1) is 19.6. The van der Waals surface area contributed by atoms with Crippen LogP contribution in [0.5, 0.6) is 5.75 Å². The molecule has 140 valence electrons. The van der Waals surface area contributed by atoms with Crippen molar-refractivity contribution in [2.45, 2.75) is 24.9 Å². The summed E-state index contributed by atoms with van der Waals surface area (Å²) in [7, 11) is 0. The summed E-state index contributed by atoms with van der Waals surface area (Å²) in [6.07, 6.45) is -9.28. The minimum atomic E-state index is -4.69. The zero-order chi connectivity index (χ0) is 19.8. The third-order valence-electron chi connectivity index (χ3n) is 3.65. The Balaban J connectivity index is 2.41. The van der Waals surface area contributed by atoms with Crippen molar-refractivity contribution < 1.29 is 41.0 Å². The van der Waals surface area contributed by atoms with E-state index >= 15 is 0 Å². The summed E-state index contributed by atoms with van der Waals surface area (Å²) in [5.41, 5.74) is -4.58. The molecule has 0 aliphatic heterocycles. The number of carboxylic acid groups (broad SMARTS) is 1. The van der Waals surface area contributed by atoms with Crippen molar-refractivity contribution in [3.05, 3.63) is 65.2 Å². The molecule has 0 fully saturated rings. The molecule has 0 amide bonds. The normalized spacial score (nSPS) is 14.6. The van der Waals surface area contributed by atoms with Crippen LogP contribution in [-0.2, 0) is 22.7 Å². The van der Waals surface area contributed by atoms with Gasteiger partial charge >= 0.3 is 18.3 Å². The lowest BCUT2D eigenvalue weighted by Gasteiger charge is -2.27. The molecule has 9 heteroatoms. The topological polar surface area (TPSA) is 46.5 Å². The number of halogens is 6. The molecule has 0 saturated carbocycles. The maximum absolute atomic E-state index is 12.8. The Hall–Kier alpha value is -2.71. The third kappa shape index (κ3) is 4.09. The molecule has 26 heavy (non-hydrogen) atoms. The summed E-state index contributed by atoms with van der Waals surface area (Å²) in [6.45, 7) is 1.02. The summed E-state index contributed by atoms with van der Waals surface area (Å²) in [6, 6.07) is 6.72. The average molecular weight is 378 g/mol. The van der Waals surface area contributed by atoms with E-state index in [1.807, 2.05) is 0 Å². The SMILES string of the molecule is CC(Oc1ccc(C(F)(F)F)cc1)(C(=O)O)c1cccc(C(F)(F)F)c1. The van der Waals surface area contributed by atoms with E-state index in [4.69, 9.17) is 4.74 Å². The van der Waals surface area contributed by atoms with E-state index in [2.05, 4.69) is 0 Å². The van der Waals surface area contributed by atoms with Gasteiger partial charge in [-0.3, -0.25) is 0 Å². The van der Waals surface area contributed by atoms with Crippen LogP contribution in [0.1, 0.15) is 23.6 Å².